The topological polar surface area (TPSA) is 109 Å². The second kappa shape index (κ2) is 3.80. The molecule has 1 fully saturated rings. The van der Waals surface area contributed by atoms with Crippen LogP contribution in [0, 0.1) is 5.41 Å². The lowest BCUT2D eigenvalue weighted by molar-refractivity contribution is -0.156. The highest BCUT2D eigenvalue weighted by Gasteiger charge is 2.45. The molecule has 0 aliphatic carbocycles. The molecule has 0 amide bonds. The Morgan fingerprint density at radius 1 is 1.13 bits per heavy atom. The van der Waals surface area contributed by atoms with E-state index in [9.17, 15) is 18.0 Å². The van der Waals surface area contributed by atoms with E-state index >= 15 is 0 Å². The molecule has 0 bridgehead atoms. The molecule has 0 radical (unpaired) electrons. The Labute approximate surface area is 86.8 Å². The van der Waals surface area contributed by atoms with Crippen molar-refractivity contribution in [3.8, 4) is 0 Å². The average molecular weight is 236 g/mol. The van der Waals surface area contributed by atoms with Crippen LogP contribution in [-0.4, -0.2) is 42.1 Å². The fraction of sp³-hybridized carbons (Fsp3) is 0.750. The summed E-state index contributed by atoms with van der Waals surface area (Å²) in [7, 11) is -3.18. The van der Waals surface area contributed by atoms with Gasteiger partial charge in [0, 0.05) is 0 Å². The summed E-state index contributed by atoms with van der Waals surface area (Å²) in [6.07, 6.45) is -0.744. The van der Waals surface area contributed by atoms with Crippen molar-refractivity contribution in [1.29, 1.82) is 0 Å². The van der Waals surface area contributed by atoms with Gasteiger partial charge in [-0.2, -0.15) is 0 Å². The molecule has 2 N–H and O–H groups in total. The Morgan fingerprint density at radius 3 is 1.93 bits per heavy atom. The molecule has 0 spiro atoms. The first-order valence-corrected chi connectivity index (χ1v) is 6.25. The molecule has 15 heavy (non-hydrogen) atoms. The van der Waals surface area contributed by atoms with Gasteiger partial charge in [-0.25, -0.2) is 8.42 Å². The van der Waals surface area contributed by atoms with E-state index in [1.165, 1.54) is 0 Å². The molecule has 1 rings (SSSR count). The zero-order valence-corrected chi connectivity index (χ0v) is 8.79. The normalized spacial score (nSPS) is 23.2. The highest BCUT2D eigenvalue weighted by molar-refractivity contribution is 7.91. The number of hydrogen-bond acceptors (Lipinski definition) is 4. The third-order valence-electron chi connectivity index (χ3n) is 2.73. The first kappa shape index (κ1) is 12.0. The summed E-state index contributed by atoms with van der Waals surface area (Å²) in [4.78, 5) is 21.5. The lowest BCUT2D eigenvalue weighted by Crippen LogP contribution is -2.41. The van der Waals surface area contributed by atoms with Crippen LogP contribution in [0.5, 0.6) is 0 Å². The molecule has 1 aliphatic heterocycles. The molecule has 6 nitrogen and oxygen atoms in total. The maximum atomic E-state index is 11.1. The quantitative estimate of drug-likeness (QED) is 0.698. The third kappa shape index (κ3) is 2.68. The molecular formula is C8H12O6S. The fourth-order valence-corrected chi connectivity index (χ4v) is 3.29. The Bertz CT molecular complexity index is 368. The Hall–Kier alpha value is -1.11. The van der Waals surface area contributed by atoms with E-state index < -0.39 is 33.6 Å². The lowest BCUT2D eigenvalue weighted by atomic mass is 9.79. The number of hydrogen-bond donors (Lipinski definition) is 2. The van der Waals surface area contributed by atoms with Crippen molar-refractivity contribution >= 4 is 21.8 Å². The van der Waals surface area contributed by atoms with Gasteiger partial charge in [-0.05, 0) is 12.8 Å². The number of carbonyl (C=O) groups is 2. The monoisotopic (exact) mass is 236 g/mol. The van der Waals surface area contributed by atoms with Gasteiger partial charge in [0.15, 0.2) is 0 Å². The molecule has 0 atom stereocenters. The van der Waals surface area contributed by atoms with Crippen molar-refractivity contribution in [1.82, 2.24) is 0 Å². The minimum Gasteiger partial charge on any atom is -0.481 e. The predicted octanol–water partition coefficient (Wildman–Crippen LogP) is -0.259. The molecule has 0 aromatic rings. The number of sulfone groups is 1. The summed E-state index contributed by atoms with van der Waals surface area (Å²) in [5.41, 5.74) is -1.41. The standard InChI is InChI=1S/C8H12O6S/c9-6(10)5-8(7(11)12)1-3-15(13,14)4-2-8/h1-5H2,(H,9,10)(H,11,12). The number of rotatable bonds is 3. The average Bonchev–Trinajstić information content (AvgIpc) is 2.08. The molecule has 1 aliphatic rings. The van der Waals surface area contributed by atoms with Gasteiger partial charge in [0.05, 0.1) is 23.3 Å². The van der Waals surface area contributed by atoms with Gasteiger partial charge >= 0.3 is 11.9 Å². The van der Waals surface area contributed by atoms with E-state index in [0.29, 0.717) is 0 Å². The number of carboxylic acids is 2. The molecule has 0 aromatic heterocycles. The maximum absolute atomic E-state index is 11.1. The molecule has 7 heteroatoms. The Balaban J connectivity index is 2.87. The van der Waals surface area contributed by atoms with Crippen LogP contribution in [0.1, 0.15) is 19.3 Å². The summed E-state index contributed by atoms with van der Waals surface area (Å²) >= 11 is 0. The lowest BCUT2D eigenvalue weighted by Gasteiger charge is -2.31. The summed E-state index contributed by atoms with van der Waals surface area (Å²) < 4.78 is 22.2. The zero-order valence-electron chi connectivity index (χ0n) is 7.97. The summed E-state index contributed by atoms with van der Waals surface area (Å²) in [6.45, 7) is 0. The van der Waals surface area contributed by atoms with Gasteiger partial charge in [0.2, 0.25) is 0 Å². The van der Waals surface area contributed by atoms with Crippen molar-refractivity contribution in [3.63, 3.8) is 0 Å². The maximum Gasteiger partial charge on any atom is 0.310 e. The first-order valence-electron chi connectivity index (χ1n) is 4.43. The van der Waals surface area contributed by atoms with Gasteiger partial charge in [0.25, 0.3) is 0 Å². The number of carboxylic acid groups (broad SMARTS) is 2. The first-order chi connectivity index (χ1) is 6.77. The van der Waals surface area contributed by atoms with Crippen LogP contribution in [0.3, 0.4) is 0 Å². The van der Waals surface area contributed by atoms with Crippen molar-refractivity contribution in [2.75, 3.05) is 11.5 Å². The molecule has 0 unspecified atom stereocenters. The molecule has 1 heterocycles. The molecule has 1 saturated heterocycles. The molecule has 0 aromatic carbocycles. The van der Waals surface area contributed by atoms with Gasteiger partial charge < -0.3 is 10.2 Å². The van der Waals surface area contributed by atoms with Crippen LogP contribution >= 0.6 is 0 Å². The third-order valence-corrected chi connectivity index (χ3v) is 4.38. The van der Waals surface area contributed by atoms with E-state index in [4.69, 9.17) is 10.2 Å². The van der Waals surface area contributed by atoms with E-state index in [1.807, 2.05) is 0 Å². The molecule has 0 saturated carbocycles. The summed E-state index contributed by atoms with van der Waals surface area (Å²) in [5.74, 6) is -2.92. The van der Waals surface area contributed by atoms with Crippen LogP contribution in [0.2, 0.25) is 0 Å². The van der Waals surface area contributed by atoms with E-state index in [0.717, 1.165) is 0 Å². The summed E-state index contributed by atoms with van der Waals surface area (Å²) in [5, 5.41) is 17.5. The minimum absolute atomic E-state index is 0.114. The van der Waals surface area contributed by atoms with Crippen LogP contribution < -0.4 is 0 Å². The van der Waals surface area contributed by atoms with Crippen molar-refractivity contribution in [2.24, 2.45) is 5.41 Å². The highest BCUT2D eigenvalue weighted by Crippen LogP contribution is 2.36. The SMILES string of the molecule is O=C(O)CC1(C(=O)O)CCS(=O)(=O)CC1. The van der Waals surface area contributed by atoms with E-state index in [2.05, 4.69) is 0 Å². The second-order valence-electron chi connectivity index (χ2n) is 3.81. The zero-order chi connectivity index (χ0) is 11.7. The van der Waals surface area contributed by atoms with Crippen molar-refractivity contribution in [2.45, 2.75) is 19.3 Å². The largest absolute Gasteiger partial charge is 0.481 e. The Morgan fingerprint density at radius 2 is 1.60 bits per heavy atom. The van der Waals surface area contributed by atoms with Crippen LogP contribution in [0.4, 0.5) is 0 Å². The molecular weight excluding hydrogens is 224 g/mol. The van der Waals surface area contributed by atoms with Gasteiger partial charge in [-0.3, -0.25) is 9.59 Å². The van der Waals surface area contributed by atoms with E-state index in [-0.39, 0.29) is 24.3 Å². The molecule has 86 valence electrons. The van der Waals surface area contributed by atoms with Crippen molar-refractivity contribution in [3.05, 3.63) is 0 Å². The Kier molecular flexibility index (Phi) is 3.03. The highest BCUT2D eigenvalue weighted by atomic mass is 32.2. The minimum atomic E-state index is -3.18. The van der Waals surface area contributed by atoms with Crippen molar-refractivity contribution < 1.29 is 28.2 Å². The van der Waals surface area contributed by atoms with Gasteiger partial charge in [-0.1, -0.05) is 0 Å². The van der Waals surface area contributed by atoms with Gasteiger partial charge in [-0.15, -0.1) is 0 Å². The fourth-order valence-electron chi connectivity index (χ4n) is 1.68. The van der Waals surface area contributed by atoms with Crippen LogP contribution in [-0.2, 0) is 19.4 Å². The summed E-state index contributed by atoms with van der Waals surface area (Å²) in [6, 6.07) is 0. The van der Waals surface area contributed by atoms with Crippen LogP contribution in [0.25, 0.3) is 0 Å². The van der Waals surface area contributed by atoms with Crippen LogP contribution in [0.15, 0.2) is 0 Å². The number of aliphatic carboxylic acids is 2. The second-order valence-corrected chi connectivity index (χ2v) is 6.11. The predicted molar refractivity (Wildman–Crippen MR) is 50.2 cm³/mol. The van der Waals surface area contributed by atoms with Gasteiger partial charge in [0.1, 0.15) is 9.84 Å². The van der Waals surface area contributed by atoms with E-state index in [1.54, 1.807) is 0 Å². The smallest absolute Gasteiger partial charge is 0.310 e.